The summed E-state index contributed by atoms with van der Waals surface area (Å²) in [6.07, 6.45) is 0.302. The number of hydrogen-bond donors (Lipinski definition) is 2. The van der Waals surface area contributed by atoms with Gasteiger partial charge in [-0.1, -0.05) is 18.2 Å². The van der Waals surface area contributed by atoms with Crippen molar-refractivity contribution in [3.05, 3.63) is 59.7 Å². The molecule has 2 N–H and O–H groups in total. The van der Waals surface area contributed by atoms with Crippen molar-refractivity contribution in [3.8, 4) is 6.07 Å². The van der Waals surface area contributed by atoms with Gasteiger partial charge in [0.2, 0.25) is 0 Å². The van der Waals surface area contributed by atoms with Crippen LogP contribution in [0, 0.1) is 11.3 Å². The van der Waals surface area contributed by atoms with E-state index in [-0.39, 0.29) is 12.1 Å². The number of aliphatic hydroxyl groups is 1. The van der Waals surface area contributed by atoms with E-state index >= 15 is 0 Å². The van der Waals surface area contributed by atoms with Gasteiger partial charge in [0, 0.05) is 17.4 Å². The summed E-state index contributed by atoms with van der Waals surface area (Å²) in [6, 6.07) is 18.3. The van der Waals surface area contributed by atoms with Crippen LogP contribution in [0.3, 0.4) is 0 Å². The van der Waals surface area contributed by atoms with E-state index in [9.17, 15) is 10.4 Å². The summed E-state index contributed by atoms with van der Waals surface area (Å²) in [6.45, 7) is 3.90. The highest BCUT2D eigenvalue weighted by Gasteiger charge is 2.32. The Morgan fingerprint density at radius 3 is 2.65 bits per heavy atom. The molecular weight excluding hydrogens is 286 g/mol. The van der Waals surface area contributed by atoms with Crippen molar-refractivity contribution in [2.45, 2.75) is 38.6 Å². The monoisotopic (exact) mass is 307 g/mol. The number of rotatable bonds is 3. The van der Waals surface area contributed by atoms with Crippen LogP contribution in [0.15, 0.2) is 48.5 Å². The van der Waals surface area contributed by atoms with Gasteiger partial charge in [-0.15, -0.1) is 0 Å². The van der Waals surface area contributed by atoms with Gasteiger partial charge >= 0.3 is 0 Å². The molecule has 1 aliphatic heterocycles. The predicted octanol–water partition coefficient (Wildman–Crippen LogP) is 3.65. The molecule has 4 nitrogen and oxygen atoms in total. The van der Waals surface area contributed by atoms with Crippen molar-refractivity contribution in [2.24, 2.45) is 0 Å². The molecule has 118 valence electrons. The average molecular weight is 307 g/mol. The first-order valence-electron chi connectivity index (χ1n) is 7.92. The molecule has 0 fully saturated rings. The number of nitrogens with zero attached hydrogens (tertiary/aromatic N) is 2. The van der Waals surface area contributed by atoms with Gasteiger partial charge in [0.1, 0.15) is 6.23 Å². The Kier molecular flexibility index (Phi) is 4.22. The lowest BCUT2D eigenvalue weighted by atomic mass is 9.90. The Labute approximate surface area is 137 Å². The molecule has 3 atom stereocenters. The zero-order valence-electron chi connectivity index (χ0n) is 13.4. The first-order valence-corrected chi connectivity index (χ1v) is 7.92. The number of anilines is 2. The molecule has 23 heavy (non-hydrogen) atoms. The first kappa shape index (κ1) is 15.4. The Balaban J connectivity index is 2.02. The maximum atomic E-state index is 10.1. The fourth-order valence-electron chi connectivity index (χ4n) is 3.40. The van der Waals surface area contributed by atoms with Gasteiger partial charge < -0.3 is 15.3 Å². The third-order valence-corrected chi connectivity index (χ3v) is 4.38. The van der Waals surface area contributed by atoms with Gasteiger partial charge in [-0.25, -0.2) is 0 Å². The van der Waals surface area contributed by atoms with Crippen LogP contribution in [0.1, 0.15) is 37.4 Å². The predicted molar refractivity (Wildman–Crippen MR) is 92.2 cm³/mol. The van der Waals surface area contributed by atoms with Gasteiger partial charge in [0.05, 0.1) is 17.7 Å². The normalized spacial score (nSPS) is 21.2. The molecule has 0 aliphatic carbocycles. The molecule has 0 saturated carbocycles. The molecule has 0 saturated heterocycles. The van der Waals surface area contributed by atoms with E-state index in [0.717, 1.165) is 23.4 Å². The van der Waals surface area contributed by atoms with E-state index in [2.05, 4.69) is 18.3 Å². The molecule has 0 spiro atoms. The van der Waals surface area contributed by atoms with Gasteiger partial charge in [0.15, 0.2) is 0 Å². The zero-order valence-corrected chi connectivity index (χ0v) is 13.4. The molecule has 1 heterocycles. The minimum absolute atomic E-state index is 0.116. The number of aliphatic hydroxyl groups excluding tert-OH is 1. The van der Waals surface area contributed by atoms with E-state index in [1.807, 2.05) is 53.4 Å². The van der Waals surface area contributed by atoms with Crippen molar-refractivity contribution in [2.75, 3.05) is 10.2 Å². The van der Waals surface area contributed by atoms with Crippen LogP contribution >= 0.6 is 0 Å². The number of nitrogens with one attached hydrogen (secondary N) is 1. The minimum atomic E-state index is -0.561. The quantitative estimate of drug-likeness (QED) is 0.908. The molecule has 2 aromatic rings. The highest BCUT2D eigenvalue weighted by molar-refractivity contribution is 5.63. The van der Waals surface area contributed by atoms with Crippen LogP contribution in [0.2, 0.25) is 0 Å². The SMILES string of the molecule is CC(O)N1c2ccc(C#N)cc2C(Nc2ccccc2)CC1C. The fraction of sp³-hybridized carbons (Fsp3) is 0.316. The summed E-state index contributed by atoms with van der Waals surface area (Å²) in [4.78, 5) is 2.01. The van der Waals surface area contributed by atoms with Gasteiger partial charge in [-0.3, -0.25) is 0 Å². The minimum Gasteiger partial charge on any atom is -0.378 e. The lowest BCUT2D eigenvalue weighted by Crippen LogP contribution is -2.45. The highest BCUT2D eigenvalue weighted by atomic mass is 16.3. The van der Waals surface area contributed by atoms with Crippen molar-refractivity contribution in [3.63, 3.8) is 0 Å². The molecule has 1 aliphatic rings. The van der Waals surface area contributed by atoms with E-state index in [4.69, 9.17) is 0 Å². The van der Waals surface area contributed by atoms with Crippen LogP contribution in [-0.4, -0.2) is 17.4 Å². The topological polar surface area (TPSA) is 59.3 Å². The van der Waals surface area contributed by atoms with E-state index in [1.54, 1.807) is 6.92 Å². The second kappa shape index (κ2) is 6.31. The second-order valence-corrected chi connectivity index (χ2v) is 6.07. The van der Waals surface area contributed by atoms with Crippen LogP contribution in [-0.2, 0) is 0 Å². The average Bonchev–Trinajstić information content (AvgIpc) is 2.55. The van der Waals surface area contributed by atoms with E-state index in [1.165, 1.54) is 0 Å². The molecule has 0 radical (unpaired) electrons. The molecule has 3 rings (SSSR count). The van der Waals surface area contributed by atoms with Crippen LogP contribution in [0.25, 0.3) is 0 Å². The van der Waals surface area contributed by atoms with E-state index < -0.39 is 6.23 Å². The maximum absolute atomic E-state index is 10.1. The highest BCUT2D eigenvalue weighted by Crippen LogP contribution is 2.40. The molecule has 3 unspecified atom stereocenters. The maximum Gasteiger partial charge on any atom is 0.124 e. The summed E-state index contributed by atoms with van der Waals surface area (Å²) >= 11 is 0. The van der Waals surface area contributed by atoms with Crippen molar-refractivity contribution < 1.29 is 5.11 Å². The number of nitriles is 1. The Bertz CT molecular complexity index is 721. The Morgan fingerprint density at radius 1 is 1.26 bits per heavy atom. The molecule has 0 bridgehead atoms. The number of hydrogen-bond acceptors (Lipinski definition) is 4. The fourth-order valence-corrected chi connectivity index (χ4v) is 3.40. The summed E-state index contributed by atoms with van der Waals surface area (Å²) in [7, 11) is 0. The number of para-hydroxylation sites is 1. The number of benzene rings is 2. The Hall–Kier alpha value is -2.51. The first-order chi connectivity index (χ1) is 11.1. The molecule has 4 heteroatoms. The molecule has 0 aromatic heterocycles. The molecule has 2 aromatic carbocycles. The lowest BCUT2D eigenvalue weighted by Gasteiger charge is -2.43. The lowest BCUT2D eigenvalue weighted by molar-refractivity contribution is 0.173. The largest absolute Gasteiger partial charge is 0.378 e. The Morgan fingerprint density at radius 2 is 2.00 bits per heavy atom. The smallest absolute Gasteiger partial charge is 0.124 e. The number of fused-ring (bicyclic) bond motifs is 1. The van der Waals surface area contributed by atoms with Crippen molar-refractivity contribution >= 4 is 11.4 Å². The van der Waals surface area contributed by atoms with Gasteiger partial charge in [0.25, 0.3) is 0 Å². The van der Waals surface area contributed by atoms with E-state index in [0.29, 0.717) is 5.56 Å². The summed E-state index contributed by atoms with van der Waals surface area (Å²) in [5, 5.41) is 22.9. The molecular formula is C19H21N3O. The van der Waals surface area contributed by atoms with Crippen LogP contribution < -0.4 is 10.2 Å². The van der Waals surface area contributed by atoms with Crippen molar-refractivity contribution in [1.82, 2.24) is 0 Å². The van der Waals surface area contributed by atoms with Crippen LogP contribution in [0.5, 0.6) is 0 Å². The zero-order chi connectivity index (χ0) is 16.4. The van der Waals surface area contributed by atoms with Crippen LogP contribution in [0.4, 0.5) is 11.4 Å². The van der Waals surface area contributed by atoms with Gasteiger partial charge in [-0.05, 0) is 56.2 Å². The summed E-state index contributed by atoms with van der Waals surface area (Å²) in [5.41, 5.74) is 3.75. The van der Waals surface area contributed by atoms with Crippen molar-refractivity contribution in [1.29, 1.82) is 5.26 Å². The second-order valence-electron chi connectivity index (χ2n) is 6.07. The summed E-state index contributed by atoms with van der Waals surface area (Å²) in [5.74, 6) is 0. The summed E-state index contributed by atoms with van der Waals surface area (Å²) < 4.78 is 0. The third-order valence-electron chi connectivity index (χ3n) is 4.38. The molecule has 0 amide bonds. The standard InChI is InChI=1S/C19H21N3O/c1-13-10-18(21-16-6-4-3-5-7-16)17-11-15(12-20)8-9-19(17)22(13)14(2)23/h3-9,11,13-14,18,21,23H,10H2,1-2H3. The third kappa shape index (κ3) is 3.01. The van der Waals surface area contributed by atoms with Gasteiger partial charge in [-0.2, -0.15) is 5.26 Å².